The molecule has 0 bridgehead atoms. The van der Waals surface area contributed by atoms with Crippen LogP contribution in [0.15, 0.2) is 30.6 Å². The van der Waals surface area contributed by atoms with Crippen molar-refractivity contribution in [1.29, 1.82) is 0 Å². The molecule has 1 saturated heterocycles. The van der Waals surface area contributed by atoms with E-state index in [9.17, 15) is 9.18 Å². The zero-order chi connectivity index (χ0) is 17.1. The molecule has 1 atom stereocenters. The second kappa shape index (κ2) is 7.03. The molecule has 1 aliphatic rings. The zero-order valence-electron chi connectivity index (χ0n) is 14.1. The first-order valence-corrected chi connectivity index (χ1v) is 8.36. The van der Waals surface area contributed by atoms with Crippen molar-refractivity contribution in [2.75, 3.05) is 13.1 Å². The molecule has 0 aliphatic carbocycles. The highest BCUT2D eigenvalue weighted by molar-refractivity contribution is 5.74. The van der Waals surface area contributed by atoms with E-state index in [1.165, 1.54) is 12.5 Å². The molecular weight excluding hydrogens is 307 g/mol. The van der Waals surface area contributed by atoms with Gasteiger partial charge in [-0.15, -0.1) is 0 Å². The van der Waals surface area contributed by atoms with Gasteiger partial charge in [0.1, 0.15) is 11.6 Å². The summed E-state index contributed by atoms with van der Waals surface area (Å²) < 4.78 is 16.1. The zero-order valence-corrected chi connectivity index (χ0v) is 14.1. The molecule has 2 heterocycles. The number of amides is 2. The smallest absolute Gasteiger partial charge is 0.317 e. The molecule has 1 unspecified atom stereocenters. The number of carbonyl (C=O) groups excluding carboxylic acids is 1. The van der Waals surface area contributed by atoms with E-state index in [0.717, 1.165) is 30.9 Å². The predicted molar refractivity (Wildman–Crippen MR) is 90.5 cm³/mol. The molecule has 1 aromatic heterocycles. The van der Waals surface area contributed by atoms with Crippen LogP contribution in [0.5, 0.6) is 0 Å². The third-order valence-electron chi connectivity index (χ3n) is 4.49. The minimum Gasteiger partial charge on any atom is -0.334 e. The first-order chi connectivity index (χ1) is 11.5. The summed E-state index contributed by atoms with van der Waals surface area (Å²) in [5, 5.41) is 2.88. The van der Waals surface area contributed by atoms with E-state index in [1.54, 1.807) is 23.0 Å². The first kappa shape index (κ1) is 16.5. The van der Waals surface area contributed by atoms with E-state index < -0.39 is 0 Å². The topological polar surface area (TPSA) is 50.2 Å². The molecule has 1 N–H and O–H groups in total. The van der Waals surface area contributed by atoms with Crippen LogP contribution in [0.4, 0.5) is 9.18 Å². The highest BCUT2D eigenvalue weighted by Crippen LogP contribution is 2.18. The van der Waals surface area contributed by atoms with Crippen LogP contribution >= 0.6 is 0 Å². The van der Waals surface area contributed by atoms with Crippen LogP contribution in [0, 0.1) is 18.7 Å². The summed E-state index contributed by atoms with van der Waals surface area (Å²) in [5.41, 5.74) is 1.21. The fraction of sp³-hybridized carbons (Fsp3) is 0.444. The van der Waals surface area contributed by atoms with Crippen LogP contribution < -0.4 is 5.32 Å². The third-order valence-corrected chi connectivity index (χ3v) is 4.49. The number of hydrogen-bond donors (Lipinski definition) is 1. The van der Waals surface area contributed by atoms with Crippen molar-refractivity contribution < 1.29 is 9.18 Å². The Hall–Kier alpha value is -2.37. The summed E-state index contributed by atoms with van der Waals surface area (Å²) in [5.74, 6) is 0.947. The number of carbonyl (C=O) groups is 1. The lowest BCUT2D eigenvalue weighted by atomic mass is 10.0. The van der Waals surface area contributed by atoms with Gasteiger partial charge in [-0.2, -0.15) is 0 Å². The largest absolute Gasteiger partial charge is 0.334 e. The Labute approximate surface area is 141 Å². The minimum atomic E-state index is -0.325. The van der Waals surface area contributed by atoms with Crippen LogP contribution in [0.2, 0.25) is 0 Å². The molecule has 1 fully saturated rings. The number of benzene rings is 1. The molecule has 24 heavy (non-hydrogen) atoms. The molecule has 1 aliphatic heterocycles. The molecule has 6 heteroatoms. The Morgan fingerprint density at radius 3 is 2.96 bits per heavy atom. The van der Waals surface area contributed by atoms with Gasteiger partial charge in [-0.1, -0.05) is 13.0 Å². The maximum atomic E-state index is 14.4. The van der Waals surface area contributed by atoms with Gasteiger partial charge in [-0.3, -0.25) is 0 Å². The van der Waals surface area contributed by atoms with Crippen molar-refractivity contribution in [1.82, 2.24) is 19.8 Å². The number of aromatic nitrogens is 2. The Morgan fingerprint density at radius 2 is 2.29 bits per heavy atom. The number of rotatable bonds is 3. The summed E-state index contributed by atoms with van der Waals surface area (Å²) in [7, 11) is 0. The van der Waals surface area contributed by atoms with Crippen molar-refractivity contribution >= 4 is 6.03 Å². The number of aryl methyl sites for hydroxylation is 1. The minimum absolute atomic E-state index is 0.0727. The number of nitrogens with zero attached hydrogens (tertiary/aromatic N) is 3. The van der Waals surface area contributed by atoms with E-state index in [0.29, 0.717) is 18.2 Å². The number of piperidine rings is 1. The van der Waals surface area contributed by atoms with Crippen LogP contribution in [0.1, 0.15) is 31.2 Å². The summed E-state index contributed by atoms with van der Waals surface area (Å²) in [4.78, 5) is 18.2. The van der Waals surface area contributed by atoms with Gasteiger partial charge in [0, 0.05) is 32.0 Å². The SMILES string of the molecule is Cc1nccn1-c1ccc(CNC(=O)N2CCCC(C)C2)cc1F. The molecule has 0 radical (unpaired) electrons. The predicted octanol–water partition coefficient (Wildman–Crippen LogP) is 3.26. The van der Waals surface area contributed by atoms with E-state index in [4.69, 9.17) is 0 Å². The summed E-state index contributed by atoms with van der Waals surface area (Å²) in [6.07, 6.45) is 5.58. The highest BCUT2D eigenvalue weighted by Gasteiger charge is 2.20. The quantitative estimate of drug-likeness (QED) is 0.939. The maximum Gasteiger partial charge on any atom is 0.317 e. The Kier molecular flexibility index (Phi) is 4.83. The molecule has 0 spiro atoms. The monoisotopic (exact) mass is 330 g/mol. The van der Waals surface area contributed by atoms with Crippen LogP contribution in [0.25, 0.3) is 5.69 Å². The highest BCUT2D eigenvalue weighted by atomic mass is 19.1. The van der Waals surface area contributed by atoms with Gasteiger partial charge in [-0.25, -0.2) is 14.2 Å². The van der Waals surface area contributed by atoms with Crippen molar-refractivity contribution in [3.05, 3.63) is 47.8 Å². The lowest BCUT2D eigenvalue weighted by Gasteiger charge is -2.31. The molecule has 128 valence electrons. The van der Waals surface area contributed by atoms with Gasteiger partial charge < -0.3 is 14.8 Å². The van der Waals surface area contributed by atoms with E-state index in [-0.39, 0.29) is 11.8 Å². The van der Waals surface area contributed by atoms with Crippen LogP contribution in [0.3, 0.4) is 0 Å². The molecule has 2 amide bonds. The van der Waals surface area contributed by atoms with Crippen molar-refractivity contribution in [2.24, 2.45) is 5.92 Å². The van der Waals surface area contributed by atoms with Gasteiger partial charge in [0.15, 0.2) is 0 Å². The number of likely N-dealkylation sites (tertiary alicyclic amines) is 1. The van der Waals surface area contributed by atoms with Crippen molar-refractivity contribution in [3.8, 4) is 5.69 Å². The van der Waals surface area contributed by atoms with Gasteiger partial charge >= 0.3 is 6.03 Å². The fourth-order valence-corrected chi connectivity index (χ4v) is 3.15. The molecule has 2 aromatic rings. The number of imidazole rings is 1. The second-order valence-corrected chi connectivity index (χ2v) is 6.48. The second-order valence-electron chi connectivity index (χ2n) is 6.48. The number of halogens is 1. The molecule has 3 rings (SSSR count). The van der Waals surface area contributed by atoms with Crippen molar-refractivity contribution in [2.45, 2.75) is 33.2 Å². The molecule has 0 saturated carbocycles. The number of hydrogen-bond acceptors (Lipinski definition) is 2. The van der Waals surface area contributed by atoms with Gasteiger partial charge in [0.2, 0.25) is 0 Å². The van der Waals surface area contributed by atoms with Crippen LogP contribution in [-0.2, 0) is 6.54 Å². The van der Waals surface area contributed by atoms with Gasteiger partial charge in [0.05, 0.1) is 5.69 Å². The molecular formula is C18H23FN4O. The molecule has 5 nitrogen and oxygen atoms in total. The number of urea groups is 1. The summed E-state index contributed by atoms with van der Waals surface area (Å²) >= 11 is 0. The lowest BCUT2D eigenvalue weighted by Crippen LogP contribution is -2.44. The maximum absolute atomic E-state index is 14.4. The Balaban J connectivity index is 1.63. The molecule has 1 aromatic carbocycles. The fourth-order valence-electron chi connectivity index (χ4n) is 3.15. The van der Waals surface area contributed by atoms with Gasteiger partial charge in [-0.05, 0) is 43.4 Å². The summed E-state index contributed by atoms with van der Waals surface area (Å²) in [6.45, 7) is 5.89. The average molecular weight is 330 g/mol. The van der Waals surface area contributed by atoms with Crippen LogP contribution in [-0.4, -0.2) is 33.6 Å². The van der Waals surface area contributed by atoms with Crippen molar-refractivity contribution in [3.63, 3.8) is 0 Å². The first-order valence-electron chi connectivity index (χ1n) is 8.36. The van der Waals surface area contributed by atoms with E-state index in [2.05, 4.69) is 17.2 Å². The van der Waals surface area contributed by atoms with Gasteiger partial charge in [0.25, 0.3) is 0 Å². The van der Waals surface area contributed by atoms with E-state index in [1.807, 2.05) is 17.9 Å². The standard InChI is InChI=1S/C18H23FN4O/c1-13-4-3-8-22(12-13)18(24)21-11-15-5-6-17(16(19)10-15)23-9-7-20-14(23)2/h5-7,9-10,13H,3-4,8,11-12H2,1-2H3,(H,21,24). The number of nitrogens with one attached hydrogen (secondary N) is 1. The summed E-state index contributed by atoms with van der Waals surface area (Å²) in [6, 6.07) is 4.94. The lowest BCUT2D eigenvalue weighted by molar-refractivity contribution is 0.169. The average Bonchev–Trinajstić information content (AvgIpc) is 2.98. The Morgan fingerprint density at radius 1 is 1.46 bits per heavy atom. The normalized spacial score (nSPS) is 17.8. The third kappa shape index (κ3) is 3.58. The Bertz CT molecular complexity index is 728. The van der Waals surface area contributed by atoms with E-state index >= 15 is 0 Å².